The van der Waals surface area contributed by atoms with Crippen LogP contribution < -0.4 is 10.6 Å². The normalized spacial score (nSPS) is 9.79. The highest BCUT2D eigenvalue weighted by Crippen LogP contribution is 2.11. The number of rotatable bonds is 6. The maximum atomic E-state index is 11.4. The Morgan fingerprint density at radius 2 is 2.00 bits per heavy atom. The summed E-state index contributed by atoms with van der Waals surface area (Å²) in [6.45, 7) is 0.815. The molecule has 0 fully saturated rings. The van der Waals surface area contributed by atoms with Crippen LogP contribution in [0, 0.1) is 0 Å². The zero-order valence-electron chi connectivity index (χ0n) is 10.7. The summed E-state index contributed by atoms with van der Waals surface area (Å²) in [6.07, 6.45) is 0.930. The van der Waals surface area contributed by atoms with Crippen LogP contribution in [0.5, 0.6) is 0 Å². The molecule has 2 N–H and O–H groups in total. The highest BCUT2D eigenvalue weighted by Gasteiger charge is 2.03. The Morgan fingerprint density at radius 1 is 1.26 bits per heavy atom. The quantitative estimate of drug-likeness (QED) is 0.783. The van der Waals surface area contributed by atoms with Crippen molar-refractivity contribution in [3.8, 4) is 0 Å². The van der Waals surface area contributed by atoms with Gasteiger partial charge in [-0.1, -0.05) is 28.1 Å². The lowest BCUT2D eigenvalue weighted by Gasteiger charge is -2.07. The van der Waals surface area contributed by atoms with Crippen molar-refractivity contribution in [2.75, 3.05) is 20.2 Å². The molecule has 0 aliphatic carbocycles. The smallest absolute Gasteiger partial charge is 0.314 e. The molecule has 2 amide bonds. The second-order valence-corrected chi connectivity index (χ2v) is 4.80. The number of carbonyl (C=O) groups excluding carboxylic acids is 2. The molecule has 1 aromatic rings. The van der Waals surface area contributed by atoms with E-state index < -0.39 is 0 Å². The van der Waals surface area contributed by atoms with Crippen LogP contribution in [0.3, 0.4) is 0 Å². The number of methoxy groups -OCH3 is 1. The SMILES string of the molecule is COC(=O)CCNC(=O)NCCc1cccc(Br)c1. The van der Waals surface area contributed by atoms with Crippen LogP contribution in [0.25, 0.3) is 0 Å². The molecule has 6 heteroatoms. The van der Waals surface area contributed by atoms with Gasteiger partial charge in [0.25, 0.3) is 0 Å². The molecule has 0 heterocycles. The van der Waals surface area contributed by atoms with E-state index in [2.05, 4.69) is 31.3 Å². The minimum atomic E-state index is -0.338. The molecule has 0 aromatic heterocycles. The summed E-state index contributed by atoms with van der Waals surface area (Å²) in [5.74, 6) is -0.338. The van der Waals surface area contributed by atoms with E-state index in [9.17, 15) is 9.59 Å². The number of esters is 1. The molecular formula is C13H17BrN2O3. The Balaban J connectivity index is 2.15. The Hall–Kier alpha value is -1.56. The summed E-state index contributed by atoms with van der Waals surface area (Å²) in [5, 5.41) is 5.31. The molecule has 104 valence electrons. The predicted octanol–water partition coefficient (Wildman–Crippen LogP) is 1.85. The fraction of sp³-hybridized carbons (Fsp3) is 0.385. The van der Waals surface area contributed by atoms with Crippen LogP contribution in [-0.4, -0.2) is 32.2 Å². The van der Waals surface area contributed by atoms with E-state index in [0.717, 1.165) is 16.5 Å². The van der Waals surface area contributed by atoms with Crippen LogP contribution in [0.1, 0.15) is 12.0 Å². The second kappa shape index (κ2) is 8.53. The summed E-state index contributed by atoms with van der Waals surface area (Å²) in [4.78, 5) is 22.2. The van der Waals surface area contributed by atoms with Gasteiger partial charge in [-0.25, -0.2) is 4.79 Å². The van der Waals surface area contributed by atoms with Crippen molar-refractivity contribution in [1.29, 1.82) is 0 Å². The standard InChI is InChI=1S/C13H17BrN2O3/c1-19-12(17)6-8-16-13(18)15-7-5-10-3-2-4-11(14)9-10/h2-4,9H,5-8H2,1H3,(H2,15,16,18). The third kappa shape index (κ3) is 6.81. The average molecular weight is 329 g/mol. The van der Waals surface area contributed by atoms with Crippen molar-refractivity contribution < 1.29 is 14.3 Å². The third-order valence-corrected chi connectivity index (χ3v) is 2.92. The average Bonchev–Trinajstić information content (AvgIpc) is 2.38. The van der Waals surface area contributed by atoms with Crippen LogP contribution in [0.4, 0.5) is 4.79 Å². The predicted molar refractivity (Wildman–Crippen MR) is 75.9 cm³/mol. The zero-order chi connectivity index (χ0) is 14.1. The van der Waals surface area contributed by atoms with Crippen molar-refractivity contribution in [2.45, 2.75) is 12.8 Å². The van der Waals surface area contributed by atoms with Gasteiger partial charge in [0.2, 0.25) is 0 Å². The maximum Gasteiger partial charge on any atom is 0.314 e. The third-order valence-electron chi connectivity index (χ3n) is 2.43. The summed E-state index contributed by atoms with van der Waals surface area (Å²) in [7, 11) is 1.32. The van der Waals surface area contributed by atoms with Gasteiger partial charge in [0, 0.05) is 17.6 Å². The number of benzene rings is 1. The van der Waals surface area contributed by atoms with E-state index in [-0.39, 0.29) is 25.0 Å². The number of carbonyl (C=O) groups is 2. The number of amides is 2. The lowest BCUT2D eigenvalue weighted by atomic mass is 10.1. The topological polar surface area (TPSA) is 67.4 Å². The summed E-state index contributed by atoms with van der Waals surface area (Å²) < 4.78 is 5.49. The summed E-state index contributed by atoms with van der Waals surface area (Å²) in [5.41, 5.74) is 1.14. The first kappa shape index (κ1) is 15.5. The molecule has 0 radical (unpaired) electrons. The van der Waals surface area contributed by atoms with E-state index >= 15 is 0 Å². The summed E-state index contributed by atoms with van der Waals surface area (Å²) in [6, 6.07) is 7.64. The first-order chi connectivity index (χ1) is 9.11. The van der Waals surface area contributed by atoms with E-state index in [4.69, 9.17) is 0 Å². The first-order valence-corrected chi connectivity index (χ1v) is 6.74. The number of ether oxygens (including phenoxy) is 1. The van der Waals surface area contributed by atoms with Gasteiger partial charge in [0.15, 0.2) is 0 Å². The van der Waals surface area contributed by atoms with Gasteiger partial charge in [0.1, 0.15) is 0 Å². The number of hydrogen-bond acceptors (Lipinski definition) is 3. The number of nitrogens with one attached hydrogen (secondary N) is 2. The lowest BCUT2D eigenvalue weighted by Crippen LogP contribution is -2.37. The summed E-state index contributed by atoms with van der Waals surface area (Å²) >= 11 is 3.39. The van der Waals surface area contributed by atoms with Gasteiger partial charge in [-0.3, -0.25) is 4.79 Å². The van der Waals surface area contributed by atoms with Gasteiger partial charge in [-0.05, 0) is 24.1 Å². The number of urea groups is 1. The van der Waals surface area contributed by atoms with Crippen molar-refractivity contribution >= 4 is 27.9 Å². The maximum absolute atomic E-state index is 11.4. The van der Waals surface area contributed by atoms with Crippen molar-refractivity contribution in [3.05, 3.63) is 34.3 Å². The minimum Gasteiger partial charge on any atom is -0.469 e. The van der Waals surface area contributed by atoms with Gasteiger partial charge < -0.3 is 15.4 Å². The first-order valence-electron chi connectivity index (χ1n) is 5.95. The van der Waals surface area contributed by atoms with E-state index in [0.29, 0.717) is 6.54 Å². The molecule has 0 atom stereocenters. The monoisotopic (exact) mass is 328 g/mol. The lowest BCUT2D eigenvalue weighted by molar-refractivity contribution is -0.140. The fourth-order valence-corrected chi connectivity index (χ4v) is 1.90. The number of hydrogen-bond donors (Lipinski definition) is 2. The largest absolute Gasteiger partial charge is 0.469 e. The Kier molecular flexibility index (Phi) is 6.95. The Bertz CT molecular complexity index is 438. The molecule has 5 nitrogen and oxygen atoms in total. The van der Waals surface area contributed by atoms with Crippen LogP contribution in [0.15, 0.2) is 28.7 Å². The Morgan fingerprint density at radius 3 is 2.68 bits per heavy atom. The molecule has 0 saturated heterocycles. The molecule has 0 unspecified atom stereocenters. The molecule has 19 heavy (non-hydrogen) atoms. The van der Waals surface area contributed by atoms with E-state index in [1.807, 2.05) is 24.3 Å². The van der Waals surface area contributed by atoms with Gasteiger partial charge in [-0.2, -0.15) is 0 Å². The molecule has 0 spiro atoms. The van der Waals surface area contributed by atoms with Gasteiger partial charge >= 0.3 is 12.0 Å². The Labute approximate surface area is 120 Å². The van der Waals surface area contributed by atoms with Gasteiger partial charge in [-0.15, -0.1) is 0 Å². The van der Waals surface area contributed by atoms with Crippen LogP contribution >= 0.6 is 15.9 Å². The van der Waals surface area contributed by atoms with E-state index in [1.54, 1.807) is 0 Å². The van der Waals surface area contributed by atoms with Crippen molar-refractivity contribution in [3.63, 3.8) is 0 Å². The van der Waals surface area contributed by atoms with Crippen molar-refractivity contribution in [1.82, 2.24) is 10.6 Å². The zero-order valence-corrected chi connectivity index (χ0v) is 12.3. The molecule has 0 aliphatic rings. The molecule has 0 bridgehead atoms. The van der Waals surface area contributed by atoms with Gasteiger partial charge in [0.05, 0.1) is 13.5 Å². The van der Waals surface area contributed by atoms with E-state index in [1.165, 1.54) is 7.11 Å². The molecule has 1 aromatic carbocycles. The highest BCUT2D eigenvalue weighted by molar-refractivity contribution is 9.10. The fourth-order valence-electron chi connectivity index (χ4n) is 1.46. The molecular weight excluding hydrogens is 312 g/mol. The number of halogens is 1. The molecule has 0 saturated carbocycles. The molecule has 1 rings (SSSR count). The van der Waals surface area contributed by atoms with Crippen molar-refractivity contribution in [2.24, 2.45) is 0 Å². The second-order valence-electron chi connectivity index (χ2n) is 3.89. The van der Waals surface area contributed by atoms with Crippen LogP contribution in [-0.2, 0) is 16.0 Å². The molecule has 0 aliphatic heterocycles. The van der Waals surface area contributed by atoms with Crippen LogP contribution in [0.2, 0.25) is 0 Å². The minimum absolute atomic E-state index is 0.176. The highest BCUT2D eigenvalue weighted by atomic mass is 79.9.